The molecule has 31 heavy (non-hydrogen) atoms. The summed E-state index contributed by atoms with van der Waals surface area (Å²) >= 11 is 0. The van der Waals surface area contributed by atoms with Crippen LogP contribution in [0.5, 0.6) is 0 Å². The molecule has 3 heterocycles. The van der Waals surface area contributed by atoms with E-state index >= 15 is 0 Å². The zero-order valence-corrected chi connectivity index (χ0v) is 18.2. The van der Waals surface area contributed by atoms with Crippen molar-refractivity contribution in [1.29, 1.82) is 0 Å². The van der Waals surface area contributed by atoms with Crippen molar-refractivity contribution < 1.29 is 14.6 Å². The second-order valence-corrected chi connectivity index (χ2v) is 9.43. The Bertz CT molecular complexity index is 921. The van der Waals surface area contributed by atoms with Crippen molar-refractivity contribution >= 4 is 16.8 Å². The molecule has 2 atom stereocenters. The summed E-state index contributed by atoms with van der Waals surface area (Å²) in [7, 11) is 0. The van der Waals surface area contributed by atoms with Crippen LogP contribution in [-0.2, 0) is 16.0 Å². The summed E-state index contributed by atoms with van der Waals surface area (Å²) in [5.41, 5.74) is 1.56. The summed E-state index contributed by atoms with van der Waals surface area (Å²) in [5.74, 6) is 0.255. The number of hydrogen-bond donors (Lipinski definition) is 1. The van der Waals surface area contributed by atoms with Gasteiger partial charge in [-0.3, -0.25) is 14.7 Å². The van der Waals surface area contributed by atoms with Gasteiger partial charge in [-0.15, -0.1) is 0 Å². The highest BCUT2D eigenvalue weighted by Crippen LogP contribution is 2.37. The maximum absolute atomic E-state index is 13.9. The molecular formula is C25H33N3O3. The van der Waals surface area contributed by atoms with E-state index in [-0.39, 0.29) is 11.8 Å². The normalized spacial score (nSPS) is 26.9. The molecule has 3 fully saturated rings. The topological polar surface area (TPSA) is 65.9 Å². The Labute approximate surface area is 184 Å². The molecule has 6 nitrogen and oxygen atoms in total. The van der Waals surface area contributed by atoms with Crippen LogP contribution in [0.4, 0.5) is 0 Å². The van der Waals surface area contributed by atoms with Gasteiger partial charge in [0, 0.05) is 43.2 Å². The lowest BCUT2D eigenvalue weighted by Gasteiger charge is -2.48. The zero-order valence-electron chi connectivity index (χ0n) is 18.2. The van der Waals surface area contributed by atoms with Gasteiger partial charge in [-0.1, -0.05) is 43.5 Å². The summed E-state index contributed by atoms with van der Waals surface area (Å²) in [6.07, 6.45) is 5.46. The first kappa shape index (κ1) is 20.9. The highest BCUT2D eigenvalue weighted by Gasteiger charge is 2.49. The van der Waals surface area contributed by atoms with Crippen LogP contribution < -0.4 is 0 Å². The molecule has 0 unspecified atom stereocenters. The maximum Gasteiger partial charge on any atom is 0.243 e. The van der Waals surface area contributed by atoms with Gasteiger partial charge < -0.3 is 14.7 Å². The number of hydrogen-bond acceptors (Lipinski definition) is 5. The Hall–Kier alpha value is -2.02. The Morgan fingerprint density at radius 2 is 1.84 bits per heavy atom. The number of aliphatic hydroxyl groups excluding tert-OH is 1. The predicted molar refractivity (Wildman–Crippen MR) is 120 cm³/mol. The van der Waals surface area contributed by atoms with E-state index in [2.05, 4.69) is 23.1 Å². The molecule has 1 aromatic carbocycles. The van der Waals surface area contributed by atoms with Crippen molar-refractivity contribution in [2.24, 2.45) is 5.92 Å². The smallest absolute Gasteiger partial charge is 0.243 e. The van der Waals surface area contributed by atoms with Crippen LogP contribution in [0.2, 0.25) is 0 Å². The Morgan fingerprint density at radius 3 is 2.65 bits per heavy atom. The van der Waals surface area contributed by atoms with Crippen molar-refractivity contribution in [3.8, 4) is 0 Å². The molecule has 6 heteroatoms. The van der Waals surface area contributed by atoms with E-state index in [4.69, 9.17) is 9.72 Å². The van der Waals surface area contributed by atoms with Crippen molar-refractivity contribution in [3.05, 3.63) is 42.1 Å². The van der Waals surface area contributed by atoms with E-state index in [9.17, 15) is 9.90 Å². The zero-order chi connectivity index (χ0) is 21.3. The highest BCUT2D eigenvalue weighted by molar-refractivity contribution is 5.87. The number of carbonyl (C=O) groups excluding carboxylic acids is 1. The summed E-state index contributed by atoms with van der Waals surface area (Å²) in [4.78, 5) is 23.0. The molecule has 1 aliphatic carbocycles. The second kappa shape index (κ2) is 8.85. The lowest BCUT2D eigenvalue weighted by atomic mass is 9.78. The molecule has 5 rings (SSSR count). The number of nitrogens with zero attached hydrogens (tertiary/aromatic N) is 3. The highest BCUT2D eigenvalue weighted by atomic mass is 16.5. The molecule has 2 aliphatic heterocycles. The number of aliphatic hydroxyl groups is 1. The minimum Gasteiger partial charge on any atom is -0.391 e. The molecule has 2 saturated heterocycles. The molecule has 1 amide bonds. The van der Waals surface area contributed by atoms with E-state index in [0.29, 0.717) is 32.7 Å². The van der Waals surface area contributed by atoms with Gasteiger partial charge in [0.15, 0.2) is 0 Å². The number of ether oxygens (including phenoxy) is 1. The van der Waals surface area contributed by atoms with Crippen molar-refractivity contribution in [3.63, 3.8) is 0 Å². The van der Waals surface area contributed by atoms with Crippen molar-refractivity contribution in [1.82, 2.24) is 14.8 Å². The summed E-state index contributed by atoms with van der Waals surface area (Å²) in [6, 6.07) is 12.2. The summed E-state index contributed by atoms with van der Waals surface area (Å²) in [5, 5.41) is 11.9. The monoisotopic (exact) mass is 423 g/mol. The first-order valence-electron chi connectivity index (χ1n) is 11.8. The van der Waals surface area contributed by atoms with E-state index in [1.807, 2.05) is 23.1 Å². The molecule has 2 aromatic rings. The van der Waals surface area contributed by atoms with Gasteiger partial charge in [0.05, 0.1) is 24.8 Å². The van der Waals surface area contributed by atoms with Gasteiger partial charge in [0.2, 0.25) is 5.91 Å². The third kappa shape index (κ3) is 4.09. The summed E-state index contributed by atoms with van der Waals surface area (Å²) in [6.45, 7) is 4.10. The van der Waals surface area contributed by atoms with E-state index < -0.39 is 11.6 Å². The number of β-amino-alcohol motifs (C(OH)–C–C–N with tert-alkyl or cyclic N) is 1. The first-order valence-corrected chi connectivity index (χ1v) is 11.8. The molecule has 1 saturated carbocycles. The van der Waals surface area contributed by atoms with Crippen molar-refractivity contribution in [2.45, 2.75) is 50.2 Å². The van der Waals surface area contributed by atoms with Crippen LogP contribution in [0.3, 0.4) is 0 Å². The van der Waals surface area contributed by atoms with E-state index in [0.717, 1.165) is 55.4 Å². The summed E-state index contributed by atoms with van der Waals surface area (Å²) < 4.78 is 5.56. The third-order valence-electron chi connectivity index (χ3n) is 7.52. The van der Waals surface area contributed by atoms with E-state index in [1.54, 1.807) is 0 Å². The number of benzene rings is 1. The van der Waals surface area contributed by atoms with Gasteiger partial charge in [0.1, 0.15) is 5.54 Å². The van der Waals surface area contributed by atoms with Gasteiger partial charge in [0.25, 0.3) is 0 Å². The number of rotatable bonds is 4. The number of aromatic nitrogens is 1. The lowest BCUT2D eigenvalue weighted by molar-refractivity contribution is -0.150. The minimum atomic E-state index is -0.498. The van der Waals surface area contributed by atoms with Gasteiger partial charge in [-0.25, -0.2) is 0 Å². The van der Waals surface area contributed by atoms with E-state index in [1.165, 1.54) is 6.42 Å². The van der Waals surface area contributed by atoms with Crippen molar-refractivity contribution in [2.75, 3.05) is 39.4 Å². The molecule has 0 radical (unpaired) electrons. The van der Waals surface area contributed by atoms with Crippen LogP contribution in [0.25, 0.3) is 10.9 Å². The fraction of sp³-hybridized carbons (Fsp3) is 0.600. The number of pyridine rings is 1. The first-order chi connectivity index (χ1) is 15.2. The van der Waals surface area contributed by atoms with Crippen LogP contribution >= 0.6 is 0 Å². The van der Waals surface area contributed by atoms with Crippen LogP contribution in [-0.4, -0.2) is 76.8 Å². The fourth-order valence-corrected chi connectivity index (χ4v) is 5.80. The fourth-order valence-electron chi connectivity index (χ4n) is 5.80. The van der Waals surface area contributed by atoms with Gasteiger partial charge in [-0.2, -0.15) is 0 Å². The van der Waals surface area contributed by atoms with Crippen LogP contribution in [0.15, 0.2) is 36.4 Å². The molecule has 3 aliphatic rings. The Balaban J connectivity index is 1.31. The Kier molecular flexibility index (Phi) is 5.95. The average Bonchev–Trinajstić information content (AvgIpc) is 3.19. The lowest BCUT2D eigenvalue weighted by Crippen LogP contribution is -2.62. The molecule has 1 aromatic heterocycles. The quantitative estimate of drug-likeness (QED) is 0.819. The Morgan fingerprint density at radius 1 is 1.06 bits per heavy atom. The molecular weight excluding hydrogens is 390 g/mol. The second-order valence-electron chi connectivity index (χ2n) is 9.43. The number of amides is 1. The molecule has 1 N–H and O–H groups in total. The minimum absolute atomic E-state index is 0.0305. The molecule has 0 bridgehead atoms. The molecule has 166 valence electrons. The van der Waals surface area contributed by atoms with Crippen LogP contribution in [0, 0.1) is 5.92 Å². The molecule has 0 spiro atoms. The van der Waals surface area contributed by atoms with Gasteiger partial charge >= 0.3 is 0 Å². The average molecular weight is 424 g/mol. The predicted octanol–water partition coefficient (Wildman–Crippen LogP) is 2.63. The van der Waals surface area contributed by atoms with Gasteiger partial charge in [-0.05, 0) is 31.4 Å². The maximum atomic E-state index is 13.9. The number of morpholine rings is 1. The standard InChI is InChI=1S/C25H33N3O3/c29-23-18-27(17-20(23)16-21-9-8-19-6-2-3-7-22(19)26-21)24(30)25(10-4-1-5-11-25)28-12-14-31-15-13-28/h2-3,6-9,20,23,29H,1,4-5,10-18H2/t20-,23-/m1/s1. The number of carbonyl (C=O) groups is 1. The third-order valence-corrected chi connectivity index (χ3v) is 7.52. The number of fused-ring (bicyclic) bond motifs is 1. The largest absolute Gasteiger partial charge is 0.391 e. The number of para-hydroxylation sites is 1. The van der Waals surface area contributed by atoms with Crippen LogP contribution in [0.1, 0.15) is 37.8 Å². The number of likely N-dealkylation sites (tertiary alicyclic amines) is 1. The SMILES string of the molecule is O=C(N1C[C@@H](Cc2ccc3ccccc3n2)[C@H](O)C1)C1(N2CCOCC2)CCCCC1.